The van der Waals surface area contributed by atoms with Crippen LogP contribution in [0.4, 0.5) is 0 Å². The SMILES string of the molecule is O=S(=O)(NCc1cn[nH]c1)c1ccc2nc(Cl)ccc2c1. The first-order valence-corrected chi connectivity index (χ1v) is 7.94. The van der Waals surface area contributed by atoms with E-state index < -0.39 is 10.0 Å². The Balaban J connectivity index is 1.89. The van der Waals surface area contributed by atoms with Crippen LogP contribution in [0.1, 0.15) is 5.56 Å². The van der Waals surface area contributed by atoms with Gasteiger partial charge < -0.3 is 0 Å². The molecule has 21 heavy (non-hydrogen) atoms. The van der Waals surface area contributed by atoms with E-state index in [0.29, 0.717) is 16.1 Å². The summed E-state index contributed by atoms with van der Waals surface area (Å²) in [5.74, 6) is 0. The van der Waals surface area contributed by atoms with E-state index in [1.807, 2.05) is 0 Å². The molecule has 0 saturated carbocycles. The summed E-state index contributed by atoms with van der Waals surface area (Å²) in [6.07, 6.45) is 3.20. The fourth-order valence-electron chi connectivity index (χ4n) is 1.88. The smallest absolute Gasteiger partial charge is 0.240 e. The maximum absolute atomic E-state index is 12.2. The number of fused-ring (bicyclic) bond motifs is 1. The molecule has 0 spiro atoms. The Kier molecular flexibility index (Phi) is 3.62. The van der Waals surface area contributed by atoms with Crippen molar-refractivity contribution in [1.82, 2.24) is 19.9 Å². The number of hydrogen-bond donors (Lipinski definition) is 2. The van der Waals surface area contributed by atoms with Crippen LogP contribution in [0, 0.1) is 0 Å². The second kappa shape index (κ2) is 5.44. The highest BCUT2D eigenvalue weighted by Crippen LogP contribution is 2.19. The first-order valence-electron chi connectivity index (χ1n) is 6.08. The third-order valence-corrected chi connectivity index (χ3v) is 4.57. The van der Waals surface area contributed by atoms with E-state index in [1.165, 1.54) is 6.07 Å². The van der Waals surface area contributed by atoms with Crippen molar-refractivity contribution < 1.29 is 8.42 Å². The molecule has 2 aromatic heterocycles. The zero-order valence-corrected chi connectivity index (χ0v) is 12.3. The molecular weight excluding hydrogens is 312 g/mol. The molecule has 0 aliphatic heterocycles. The minimum Gasteiger partial charge on any atom is -0.285 e. The predicted molar refractivity (Wildman–Crippen MR) is 79.4 cm³/mol. The highest BCUT2D eigenvalue weighted by atomic mass is 35.5. The van der Waals surface area contributed by atoms with Crippen LogP contribution in [0.2, 0.25) is 5.15 Å². The number of aromatic amines is 1. The summed E-state index contributed by atoms with van der Waals surface area (Å²) in [4.78, 5) is 4.31. The van der Waals surface area contributed by atoms with Gasteiger partial charge in [0.15, 0.2) is 0 Å². The quantitative estimate of drug-likeness (QED) is 0.720. The van der Waals surface area contributed by atoms with Crippen molar-refractivity contribution in [3.63, 3.8) is 0 Å². The number of benzene rings is 1. The number of H-pyrrole nitrogens is 1. The number of nitrogens with one attached hydrogen (secondary N) is 2. The molecule has 0 atom stereocenters. The summed E-state index contributed by atoms with van der Waals surface area (Å²) >= 11 is 5.80. The topological polar surface area (TPSA) is 87.7 Å². The molecule has 0 amide bonds. The van der Waals surface area contributed by atoms with E-state index in [9.17, 15) is 8.42 Å². The van der Waals surface area contributed by atoms with Crippen molar-refractivity contribution >= 4 is 32.5 Å². The molecule has 2 N–H and O–H groups in total. The standard InChI is InChI=1S/C13H11ClN4O2S/c14-13-4-1-10-5-11(2-3-12(10)18-13)21(19,20)17-8-9-6-15-16-7-9/h1-7,17H,8H2,(H,15,16). The van der Waals surface area contributed by atoms with E-state index >= 15 is 0 Å². The van der Waals surface area contributed by atoms with E-state index in [1.54, 1.807) is 36.7 Å². The molecular formula is C13H11ClN4O2S. The van der Waals surface area contributed by atoms with Crippen LogP contribution in [-0.2, 0) is 16.6 Å². The van der Waals surface area contributed by atoms with Gasteiger partial charge >= 0.3 is 0 Å². The molecule has 3 aromatic rings. The van der Waals surface area contributed by atoms with Gasteiger partial charge in [-0.05, 0) is 30.3 Å². The summed E-state index contributed by atoms with van der Waals surface area (Å²) in [7, 11) is -3.59. The Hall–Kier alpha value is -1.96. The first kappa shape index (κ1) is 14.0. The van der Waals surface area contributed by atoms with Gasteiger partial charge in [0.05, 0.1) is 16.6 Å². The minimum absolute atomic E-state index is 0.176. The van der Waals surface area contributed by atoms with Gasteiger partial charge in [0.2, 0.25) is 10.0 Å². The zero-order valence-electron chi connectivity index (χ0n) is 10.7. The highest BCUT2D eigenvalue weighted by molar-refractivity contribution is 7.89. The lowest BCUT2D eigenvalue weighted by molar-refractivity contribution is 0.581. The number of sulfonamides is 1. The van der Waals surface area contributed by atoms with Gasteiger partial charge in [-0.15, -0.1) is 0 Å². The summed E-state index contributed by atoms with van der Waals surface area (Å²) in [6.45, 7) is 0.176. The van der Waals surface area contributed by atoms with Crippen molar-refractivity contribution in [3.8, 4) is 0 Å². The number of pyridine rings is 1. The zero-order chi connectivity index (χ0) is 14.9. The monoisotopic (exact) mass is 322 g/mol. The van der Waals surface area contributed by atoms with Gasteiger partial charge in [-0.25, -0.2) is 18.1 Å². The van der Waals surface area contributed by atoms with Gasteiger partial charge in [-0.1, -0.05) is 11.6 Å². The van der Waals surface area contributed by atoms with Crippen LogP contribution in [-0.4, -0.2) is 23.6 Å². The van der Waals surface area contributed by atoms with Crippen molar-refractivity contribution in [2.75, 3.05) is 0 Å². The number of aromatic nitrogens is 3. The maximum atomic E-state index is 12.2. The summed E-state index contributed by atoms with van der Waals surface area (Å²) in [5.41, 5.74) is 1.41. The number of rotatable bonds is 4. The van der Waals surface area contributed by atoms with Gasteiger partial charge in [-0.2, -0.15) is 5.10 Å². The molecule has 0 fully saturated rings. The van der Waals surface area contributed by atoms with Crippen LogP contribution in [0.3, 0.4) is 0 Å². The molecule has 0 aliphatic rings. The van der Waals surface area contributed by atoms with Crippen LogP contribution in [0.5, 0.6) is 0 Å². The minimum atomic E-state index is -3.59. The fraction of sp³-hybridized carbons (Fsp3) is 0.0769. The van der Waals surface area contributed by atoms with E-state index in [-0.39, 0.29) is 11.4 Å². The Bertz CT molecular complexity index is 878. The highest BCUT2D eigenvalue weighted by Gasteiger charge is 2.14. The third-order valence-electron chi connectivity index (χ3n) is 2.96. The average molecular weight is 323 g/mol. The molecule has 0 aliphatic carbocycles. The van der Waals surface area contributed by atoms with E-state index in [2.05, 4.69) is 19.9 Å². The van der Waals surface area contributed by atoms with Crippen molar-refractivity contribution in [1.29, 1.82) is 0 Å². The summed E-state index contributed by atoms with van der Waals surface area (Å²) in [6, 6.07) is 8.06. The molecule has 0 unspecified atom stereocenters. The van der Waals surface area contributed by atoms with Crippen LogP contribution in [0.15, 0.2) is 47.6 Å². The number of halogens is 1. The van der Waals surface area contributed by atoms with E-state index in [4.69, 9.17) is 11.6 Å². The average Bonchev–Trinajstić information content (AvgIpc) is 2.98. The lowest BCUT2D eigenvalue weighted by Gasteiger charge is -2.07. The van der Waals surface area contributed by atoms with Crippen LogP contribution in [0.25, 0.3) is 10.9 Å². The van der Waals surface area contributed by atoms with Gasteiger partial charge in [-0.3, -0.25) is 5.10 Å². The van der Waals surface area contributed by atoms with Crippen molar-refractivity contribution in [2.45, 2.75) is 11.4 Å². The molecule has 3 rings (SSSR count). The second-order valence-corrected chi connectivity index (χ2v) is 6.57. The molecule has 6 nitrogen and oxygen atoms in total. The molecule has 2 heterocycles. The normalized spacial score (nSPS) is 11.9. The number of hydrogen-bond acceptors (Lipinski definition) is 4. The predicted octanol–water partition coefficient (Wildman–Crippen LogP) is 2.09. The molecule has 0 bridgehead atoms. The fourth-order valence-corrected chi connectivity index (χ4v) is 3.09. The molecule has 0 radical (unpaired) electrons. The summed E-state index contributed by atoms with van der Waals surface area (Å²) in [5, 5.41) is 7.48. The molecule has 108 valence electrons. The lowest BCUT2D eigenvalue weighted by Crippen LogP contribution is -2.23. The number of nitrogens with zero attached hydrogens (tertiary/aromatic N) is 2. The molecule has 1 aromatic carbocycles. The largest absolute Gasteiger partial charge is 0.285 e. The maximum Gasteiger partial charge on any atom is 0.240 e. The van der Waals surface area contributed by atoms with Crippen molar-refractivity contribution in [2.24, 2.45) is 0 Å². The Labute approximate surface area is 126 Å². The molecule has 8 heteroatoms. The van der Waals surface area contributed by atoms with Gasteiger partial charge in [0.25, 0.3) is 0 Å². The third kappa shape index (κ3) is 3.05. The van der Waals surface area contributed by atoms with Crippen LogP contribution >= 0.6 is 11.6 Å². The van der Waals surface area contributed by atoms with Gasteiger partial charge in [0, 0.05) is 23.7 Å². The summed E-state index contributed by atoms with van der Waals surface area (Å²) < 4.78 is 27.0. The van der Waals surface area contributed by atoms with Crippen molar-refractivity contribution in [3.05, 3.63) is 53.4 Å². The lowest BCUT2D eigenvalue weighted by atomic mass is 10.2. The first-order chi connectivity index (χ1) is 10.0. The van der Waals surface area contributed by atoms with Gasteiger partial charge in [0.1, 0.15) is 5.15 Å². The second-order valence-electron chi connectivity index (χ2n) is 4.42. The molecule has 0 saturated heterocycles. The Morgan fingerprint density at radius 3 is 2.86 bits per heavy atom. The van der Waals surface area contributed by atoms with E-state index in [0.717, 1.165) is 5.56 Å². The Morgan fingerprint density at radius 2 is 2.10 bits per heavy atom. The Morgan fingerprint density at radius 1 is 1.24 bits per heavy atom. The van der Waals surface area contributed by atoms with Crippen LogP contribution < -0.4 is 4.72 Å².